The fourth-order valence-corrected chi connectivity index (χ4v) is 3.08. The SMILES string of the molecule is O=C(Cc1ccco1)N1Cc2ccnn2CC(OCc2cccnc2)C1.O=C(O)C(F)(F)F. The molecule has 1 aliphatic rings. The summed E-state index contributed by atoms with van der Waals surface area (Å²) in [4.78, 5) is 27.6. The van der Waals surface area contributed by atoms with E-state index in [0.29, 0.717) is 32.0 Å². The topological polar surface area (TPSA) is 111 Å². The molecule has 0 fully saturated rings. The van der Waals surface area contributed by atoms with Gasteiger partial charge in [0.1, 0.15) is 5.76 Å². The van der Waals surface area contributed by atoms with E-state index < -0.39 is 12.1 Å². The minimum atomic E-state index is -5.08. The quantitative estimate of drug-likeness (QED) is 0.616. The normalized spacial score (nSPS) is 15.7. The van der Waals surface area contributed by atoms with Gasteiger partial charge in [-0.3, -0.25) is 14.5 Å². The first-order valence-electron chi connectivity index (χ1n) is 9.84. The maximum absolute atomic E-state index is 12.7. The van der Waals surface area contributed by atoms with E-state index in [4.69, 9.17) is 19.1 Å². The van der Waals surface area contributed by atoms with Crippen molar-refractivity contribution in [1.29, 1.82) is 0 Å². The molecule has 0 saturated heterocycles. The molecule has 3 aromatic rings. The second-order valence-corrected chi connectivity index (χ2v) is 7.13. The Hall–Kier alpha value is -3.67. The van der Waals surface area contributed by atoms with E-state index in [1.165, 1.54) is 0 Å². The average Bonchev–Trinajstić information content (AvgIpc) is 3.41. The number of amides is 1. The summed E-state index contributed by atoms with van der Waals surface area (Å²) in [6, 6.07) is 9.41. The highest BCUT2D eigenvalue weighted by atomic mass is 19.4. The lowest BCUT2D eigenvalue weighted by molar-refractivity contribution is -0.192. The molecule has 1 unspecified atom stereocenters. The van der Waals surface area contributed by atoms with E-state index in [1.807, 2.05) is 33.8 Å². The van der Waals surface area contributed by atoms with E-state index in [2.05, 4.69) is 10.1 Å². The third kappa shape index (κ3) is 7.17. The molecule has 1 amide bonds. The first kappa shape index (κ1) is 24.0. The highest BCUT2D eigenvalue weighted by molar-refractivity contribution is 5.78. The van der Waals surface area contributed by atoms with Gasteiger partial charge in [0.05, 0.1) is 44.2 Å². The van der Waals surface area contributed by atoms with Crippen molar-refractivity contribution in [1.82, 2.24) is 19.7 Å². The molecule has 3 aromatic heterocycles. The number of ether oxygens (including phenoxy) is 1. The van der Waals surface area contributed by atoms with Gasteiger partial charge in [-0.15, -0.1) is 0 Å². The second-order valence-electron chi connectivity index (χ2n) is 7.13. The van der Waals surface area contributed by atoms with Crippen molar-refractivity contribution in [3.8, 4) is 0 Å². The highest BCUT2D eigenvalue weighted by Crippen LogP contribution is 2.17. The van der Waals surface area contributed by atoms with Crippen molar-refractivity contribution >= 4 is 11.9 Å². The molecule has 1 aliphatic heterocycles. The zero-order chi connectivity index (χ0) is 23.8. The molecule has 0 bridgehead atoms. The van der Waals surface area contributed by atoms with Crippen molar-refractivity contribution in [2.24, 2.45) is 0 Å². The Morgan fingerprint density at radius 3 is 2.61 bits per heavy atom. The number of nitrogens with zero attached hydrogens (tertiary/aromatic N) is 4. The summed E-state index contributed by atoms with van der Waals surface area (Å²) in [6.45, 7) is 2.11. The Bertz CT molecular complexity index is 1040. The molecule has 0 spiro atoms. The second kappa shape index (κ2) is 10.8. The van der Waals surface area contributed by atoms with Crippen LogP contribution >= 0.6 is 0 Å². The average molecular weight is 466 g/mol. The minimum Gasteiger partial charge on any atom is -0.475 e. The van der Waals surface area contributed by atoms with E-state index >= 15 is 0 Å². The third-order valence-electron chi connectivity index (χ3n) is 4.67. The summed E-state index contributed by atoms with van der Waals surface area (Å²) in [5.74, 6) is -2.07. The van der Waals surface area contributed by atoms with Gasteiger partial charge in [0.25, 0.3) is 0 Å². The van der Waals surface area contributed by atoms with E-state index in [9.17, 15) is 18.0 Å². The number of aliphatic carboxylic acids is 1. The number of carbonyl (C=O) groups excluding carboxylic acids is 1. The van der Waals surface area contributed by atoms with Gasteiger partial charge in [0.15, 0.2) is 0 Å². The number of carboxylic acids is 1. The number of rotatable bonds is 5. The van der Waals surface area contributed by atoms with Crippen molar-refractivity contribution < 1.29 is 37.0 Å². The number of hydrogen-bond donors (Lipinski definition) is 1. The van der Waals surface area contributed by atoms with Crippen molar-refractivity contribution in [2.45, 2.75) is 38.4 Å². The van der Waals surface area contributed by atoms with Crippen LogP contribution in [0.3, 0.4) is 0 Å². The summed E-state index contributed by atoms with van der Waals surface area (Å²) in [7, 11) is 0. The molecule has 9 nitrogen and oxygen atoms in total. The molecule has 0 aromatic carbocycles. The summed E-state index contributed by atoms with van der Waals surface area (Å²) in [5.41, 5.74) is 2.01. The first-order valence-corrected chi connectivity index (χ1v) is 9.84. The Morgan fingerprint density at radius 2 is 1.97 bits per heavy atom. The fraction of sp³-hybridized carbons (Fsp3) is 0.333. The van der Waals surface area contributed by atoms with Gasteiger partial charge >= 0.3 is 12.1 Å². The lowest BCUT2D eigenvalue weighted by Gasteiger charge is -2.24. The Kier molecular flexibility index (Phi) is 7.83. The van der Waals surface area contributed by atoms with Crippen LogP contribution in [0.5, 0.6) is 0 Å². The number of carbonyl (C=O) groups is 2. The molecule has 12 heteroatoms. The molecular weight excluding hydrogens is 445 g/mol. The van der Waals surface area contributed by atoms with Crippen LogP contribution in [0.15, 0.2) is 59.6 Å². The van der Waals surface area contributed by atoms with Crippen LogP contribution in [0.2, 0.25) is 0 Å². The number of alkyl halides is 3. The van der Waals surface area contributed by atoms with Gasteiger partial charge in [-0.1, -0.05) is 6.07 Å². The number of furan rings is 1. The zero-order valence-electron chi connectivity index (χ0n) is 17.3. The maximum atomic E-state index is 12.7. The fourth-order valence-electron chi connectivity index (χ4n) is 3.08. The smallest absolute Gasteiger partial charge is 0.475 e. The molecule has 4 rings (SSSR count). The molecule has 0 saturated carbocycles. The molecule has 0 aliphatic carbocycles. The van der Waals surface area contributed by atoms with Crippen molar-refractivity contribution in [3.05, 3.63) is 72.2 Å². The van der Waals surface area contributed by atoms with Crippen LogP contribution in [0.25, 0.3) is 0 Å². The molecule has 1 N–H and O–H groups in total. The van der Waals surface area contributed by atoms with Gasteiger partial charge in [-0.05, 0) is 29.8 Å². The summed E-state index contributed by atoms with van der Waals surface area (Å²) in [5, 5.41) is 11.5. The molecule has 1 atom stereocenters. The third-order valence-corrected chi connectivity index (χ3v) is 4.67. The van der Waals surface area contributed by atoms with Crippen LogP contribution in [-0.4, -0.2) is 55.5 Å². The number of halogens is 3. The lowest BCUT2D eigenvalue weighted by atomic mass is 10.2. The predicted molar refractivity (Wildman–Crippen MR) is 107 cm³/mol. The molecule has 4 heterocycles. The molecule has 33 heavy (non-hydrogen) atoms. The first-order chi connectivity index (χ1) is 15.7. The number of fused-ring (bicyclic) bond motifs is 1. The number of hydrogen-bond acceptors (Lipinski definition) is 6. The predicted octanol–water partition coefficient (Wildman–Crippen LogP) is 2.67. The molecule has 0 radical (unpaired) electrons. The van der Waals surface area contributed by atoms with Gasteiger partial charge < -0.3 is 19.2 Å². The summed E-state index contributed by atoms with van der Waals surface area (Å²) >= 11 is 0. The standard InChI is InChI=1S/C19H20N4O3.C2HF3O2/c24-19(9-17-4-2-8-25-17)22-11-16-5-7-21-23(16)13-18(12-22)26-14-15-3-1-6-20-10-15;3-2(4,5)1(6)7/h1-8,10,18H,9,11-14H2;(H,6,7). The Morgan fingerprint density at radius 1 is 1.18 bits per heavy atom. The minimum absolute atomic E-state index is 0.0181. The summed E-state index contributed by atoms with van der Waals surface area (Å²) < 4.78 is 45.0. The van der Waals surface area contributed by atoms with Gasteiger partial charge in [-0.2, -0.15) is 18.3 Å². The van der Waals surface area contributed by atoms with Gasteiger partial charge in [0, 0.05) is 25.1 Å². The van der Waals surface area contributed by atoms with Crippen molar-refractivity contribution in [2.75, 3.05) is 6.54 Å². The van der Waals surface area contributed by atoms with Crippen LogP contribution in [0.4, 0.5) is 13.2 Å². The van der Waals surface area contributed by atoms with Crippen molar-refractivity contribution in [3.63, 3.8) is 0 Å². The number of carboxylic acid groups (broad SMARTS) is 1. The molecule has 176 valence electrons. The van der Waals surface area contributed by atoms with Crippen LogP contribution in [-0.2, 0) is 40.4 Å². The zero-order valence-corrected chi connectivity index (χ0v) is 17.3. The maximum Gasteiger partial charge on any atom is 0.490 e. The number of pyridine rings is 1. The summed E-state index contributed by atoms with van der Waals surface area (Å²) in [6.07, 6.45) is 1.89. The van der Waals surface area contributed by atoms with Crippen LogP contribution in [0, 0.1) is 0 Å². The van der Waals surface area contributed by atoms with E-state index in [-0.39, 0.29) is 18.4 Å². The molecular formula is C21H21F3N4O5. The Balaban J connectivity index is 0.000000383. The van der Waals surface area contributed by atoms with E-state index in [0.717, 1.165) is 11.3 Å². The lowest BCUT2D eigenvalue weighted by Crippen LogP contribution is -2.38. The number of aromatic nitrogens is 3. The van der Waals surface area contributed by atoms with Crippen LogP contribution in [0.1, 0.15) is 17.0 Å². The Labute approximate surface area is 186 Å². The highest BCUT2D eigenvalue weighted by Gasteiger charge is 2.38. The largest absolute Gasteiger partial charge is 0.490 e. The monoisotopic (exact) mass is 466 g/mol. The van der Waals surface area contributed by atoms with Gasteiger partial charge in [-0.25, -0.2) is 4.79 Å². The van der Waals surface area contributed by atoms with Crippen LogP contribution < -0.4 is 0 Å². The van der Waals surface area contributed by atoms with Gasteiger partial charge in [0.2, 0.25) is 5.91 Å². The van der Waals surface area contributed by atoms with E-state index in [1.54, 1.807) is 30.9 Å².